The molecule has 0 aromatic heterocycles. The summed E-state index contributed by atoms with van der Waals surface area (Å²) in [6, 6.07) is -0.911. The smallest absolute Gasteiger partial charge is 0.548 e. The van der Waals surface area contributed by atoms with E-state index in [1.54, 1.807) is 13.8 Å². The molecule has 0 radical (unpaired) electrons. The zero-order valence-electron chi connectivity index (χ0n) is 39.7. The van der Waals surface area contributed by atoms with Crippen molar-refractivity contribution in [1.29, 1.82) is 0 Å². The van der Waals surface area contributed by atoms with Gasteiger partial charge in [0.1, 0.15) is 0 Å². The van der Waals surface area contributed by atoms with E-state index in [0.29, 0.717) is 0 Å². The second-order valence-corrected chi connectivity index (χ2v) is 17.4. The molecule has 0 bridgehead atoms. The minimum absolute atomic E-state index is 0. The van der Waals surface area contributed by atoms with Crippen molar-refractivity contribution >= 4 is 49.7 Å². The molecule has 0 N–H and O–H groups in total. The van der Waals surface area contributed by atoms with Crippen LogP contribution in [0.25, 0.3) is 0 Å². The van der Waals surface area contributed by atoms with Gasteiger partial charge in [-0.05, 0) is 65.7 Å². The van der Waals surface area contributed by atoms with Crippen LogP contribution in [-0.4, -0.2) is 97.7 Å². The van der Waals surface area contributed by atoms with Gasteiger partial charge < -0.3 is 19.8 Å². The van der Waals surface area contributed by atoms with Crippen LogP contribution >= 0.6 is 0 Å². The first-order valence-electron chi connectivity index (χ1n) is 25.2. The molecule has 336 valence electrons. The van der Waals surface area contributed by atoms with E-state index in [0.717, 1.165) is 51.9 Å². The van der Waals surface area contributed by atoms with E-state index in [4.69, 9.17) is 0 Å². The van der Waals surface area contributed by atoms with Crippen LogP contribution in [0.15, 0.2) is 0 Å². The average molecular weight is 833 g/mol. The van der Waals surface area contributed by atoms with Crippen LogP contribution in [0.2, 0.25) is 0 Å². The Morgan fingerprint density at radius 3 is 0.596 bits per heavy atom. The summed E-state index contributed by atoms with van der Waals surface area (Å²) in [7, 11) is 0. The Morgan fingerprint density at radius 2 is 0.456 bits per heavy atom. The standard InChI is InChI=1S/2C25H51NO2.Ca/c2*1-4-6-8-10-12-14-16-18-20-22-26(24(3)25(27)28)23-21-19-17-15-13-11-9-7-5-2;/h2*24H,4-23H2,1-3H3,(H,27,28);/q;;+2/p-2. The normalized spacial score (nSPS) is 12.4. The molecule has 0 aromatic rings. The van der Waals surface area contributed by atoms with Gasteiger partial charge in [-0.25, -0.2) is 0 Å². The summed E-state index contributed by atoms with van der Waals surface area (Å²) >= 11 is 0. The molecule has 2 unspecified atom stereocenters. The molecule has 6 nitrogen and oxygen atoms in total. The third-order valence-corrected chi connectivity index (χ3v) is 12.0. The Balaban J connectivity index is -0.00000101. The number of carbonyl (C=O) groups excluding carboxylic acids is 2. The molecule has 0 saturated heterocycles. The Kier molecular flexibility index (Phi) is 54.4. The Hall–Kier alpha value is 0.120. The number of unbranched alkanes of at least 4 members (excludes halogenated alkanes) is 32. The van der Waals surface area contributed by atoms with Crippen LogP contribution < -0.4 is 10.2 Å². The van der Waals surface area contributed by atoms with E-state index in [2.05, 4.69) is 37.5 Å². The van der Waals surface area contributed by atoms with Gasteiger partial charge in [-0.2, -0.15) is 0 Å². The molecule has 0 spiro atoms. The van der Waals surface area contributed by atoms with Gasteiger partial charge in [-0.3, -0.25) is 9.80 Å². The molecule has 0 saturated carbocycles. The fourth-order valence-corrected chi connectivity index (χ4v) is 7.80. The van der Waals surface area contributed by atoms with E-state index < -0.39 is 24.0 Å². The molecule has 0 heterocycles. The van der Waals surface area contributed by atoms with Crippen molar-refractivity contribution in [2.24, 2.45) is 0 Å². The summed E-state index contributed by atoms with van der Waals surface area (Å²) < 4.78 is 0. The number of carboxylic acid groups (broad SMARTS) is 2. The molecule has 0 aliphatic carbocycles. The third kappa shape index (κ3) is 45.5. The first-order valence-corrected chi connectivity index (χ1v) is 25.2. The predicted octanol–water partition coefficient (Wildman–Crippen LogP) is 12.6. The fourth-order valence-electron chi connectivity index (χ4n) is 7.80. The van der Waals surface area contributed by atoms with Gasteiger partial charge in [0.05, 0.1) is 11.9 Å². The predicted molar refractivity (Wildman–Crippen MR) is 247 cm³/mol. The maximum Gasteiger partial charge on any atom is 2.00 e. The largest absolute Gasteiger partial charge is 2.00 e. The van der Waals surface area contributed by atoms with E-state index in [1.807, 2.05) is 0 Å². The van der Waals surface area contributed by atoms with E-state index in [-0.39, 0.29) is 37.7 Å². The van der Waals surface area contributed by atoms with Gasteiger partial charge >= 0.3 is 37.7 Å². The Labute approximate surface area is 387 Å². The van der Waals surface area contributed by atoms with Crippen LogP contribution in [-0.2, 0) is 9.59 Å². The first kappa shape index (κ1) is 61.4. The van der Waals surface area contributed by atoms with Gasteiger partial charge in [0.25, 0.3) is 0 Å². The molecule has 0 aromatic carbocycles. The van der Waals surface area contributed by atoms with Crippen molar-refractivity contribution in [2.75, 3.05) is 26.2 Å². The van der Waals surface area contributed by atoms with Crippen molar-refractivity contribution in [3.8, 4) is 0 Å². The van der Waals surface area contributed by atoms with Gasteiger partial charge in [0, 0.05) is 12.1 Å². The topological polar surface area (TPSA) is 86.7 Å². The van der Waals surface area contributed by atoms with Crippen LogP contribution in [0.4, 0.5) is 0 Å². The molecule has 0 amide bonds. The summed E-state index contributed by atoms with van der Waals surface area (Å²) in [5, 5.41) is 22.6. The Bertz CT molecular complexity index is 692. The number of carbonyl (C=O) groups is 2. The maximum atomic E-state index is 11.3. The molecular formula is C50H100CaN2O4. The number of carboxylic acids is 2. The molecule has 2 atom stereocenters. The number of aliphatic carboxylic acids is 2. The van der Waals surface area contributed by atoms with Crippen molar-refractivity contribution < 1.29 is 19.8 Å². The second-order valence-electron chi connectivity index (χ2n) is 17.4. The number of hydrogen-bond donors (Lipinski definition) is 0. The number of rotatable bonds is 44. The fraction of sp³-hybridized carbons (Fsp3) is 0.960. The maximum absolute atomic E-state index is 11.3. The minimum Gasteiger partial charge on any atom is -0.548 e. The van der Waals surface area contributed by atoms with E-state index >= 15 is 0 Å². The van der Waals surface area contributed by atoms with Crippen molar-refractivity contribution in [1.82, 2.24) is 9.80 Å². The second kappa shape index (κ2) is 50.5. The van der Waals surface area contributed by atoms with Gasteiger partial charge in [-0.15, -0.1) is 0 Å². The monoisotopic (exact) mass is 833 g/mol. The van der Waals surface area contributed by atoms with E-state index in [9.17, 15) is 19.8 Å². The summed E-state index contributed by atoms with van der Waals surface area (Å²) in [4.78, 5) is 26.9. The minimum atomic E-state index is -0.924. The zero-order chi connectivity index (χ0) is 41.7. The van der Waals surface area contributed by atoms with E-state index in [1.165, 1.54) is 205 Å². The molecule has 0 fully saturated rings. The molecule has 0 aliphatic heterocycles. The van der Waals surface area contributed by atoms with Crippen LogP contribution in [0.1, 0.15) is 273 Å². The van der Waals surface area contributed by atoms with Crippen molar-refractivity contribution in [2.45, 2.75) is 285 Å². The van der Waals surface area contributed by atoms with Crippen molar-refractivity contribution in [3.63, 3.8) is 0 Å². The number of nitrogens with zero attached hydrogens (tertiary/aromatic N) is 2. The average Bonchev–Trinajstić information content (AvgIpc) is 3.19. The Morgan fingerprint density at radius 1 is 0.316 bits per heavy atom. The molecular weight excluding hydrogens is 733 g/mol. The van der Waals surface area contributed by atoms with Crippen LogP contribution in [0.5, 0.6) is 0 Å². The van der Waals surface area contributed by atoms with Gasteiger partial charge in [0.15, 0.2) is 0 Å². The SMILES string of the molecule is CCCCCCCCCCCN(CCCCCCCCCCC)C(C)C(=O)[O-].CCCCCCCCCCCN(CCCCCCCCCCC)C(C)C(=O)[O-].[Ca+2]. The third-order valence-electron chi connectivity index (χ3n) is 12.0. The van der Waals surface area contributed by atoms with Gasteiger partial charge in [0.2, 0.25) is 0 Å². The summed E-state index contributed by atoms with van der Waals surface area (Å²) in [6.45, 7) is 16.2. The quantitative estimate of drug-likeness (QED) is 0.0449. The zero-order valence-corrected chi connectivity index (χ0v) is 41.9. The summed E-state index contributed by atoms with van der Waals surface area (Å²) in [5.74, 6) is -1.85. The number of hydrogen-bond acceptors (Lipinski definition) is 6. The summed E-state index contributed by atoms with van der Waals surface area (Å²) in [6.07, 6.45) is 47.0. The molecule has 0 rings (SSSR count). The first-order chi connectivity index (χ1) is 27.3. The van der Waals surface area contributed by atoms with Gasteiger partial charge in [-0.1, -0.05) is 233 Å². The summed E-state index contributed by atoms with van der Waals surface area (Å²) in [5.41, 5.74) is 0. The van der Waals surface area contributed by atoms with Crippen LogP contribution in [0, 0.1) is 0 Å². The van der Waals surface area contributed by atoms with Crippen LogP contribution in [0.3, 0.4) is 0 Å². The molecule has 57 heavy (non-hydrogen) atoms. The molecule has 7 heteroatoms. The molecule has 0 aliphatic rings. The van der Waals surface area contributed by atoms with Crippen molar-refractivity contribution in [3.05, 3.63) is 0 Å².